The highest BCUT2D eigenvalue weighted by Gasteiger charge is 2.40. The van der Waals surface area contributed by atoms with Crippen molar-refractivity contribution in [3.63, 3.8) is 0 Å². The molecule has 0 aromatic heterocycles. The fourth-order valence-corrected chi connectivity index (χ4v) is 1.44. The average molecular weight is 228 g/mol. The number of halogens is 3. The number of alkyl halides is 3. The van der Waals surface area contributed by atoms with Crippen LogP contribution in [0.5, 0.6) is 0 Å². The zero-order valence-electron chi connectivity index (χ0n) is 9.60. The maximum atomic E-state index is 12.8. The monoisotopic (exact) mass is 228 g/mol. The second-order valence-electron chi connectivity index (χ2n) is 4.72. The zero-order valence-corrected chi connectivity index (χ0v) is 9.60. The smallest absolute Gasteiger partial charge is 0.166 e. The molecular formula is C13H15F3. The lowest BCUT2D eigenvalue weighted by Gasteiger charge is -2.25. The molecule has 0 atom stereocenters. The van der Waals surface area contributed by atoms with E-state index in [9.17, 15) is 13.2 Å². The lowest BCUT2D eigenvalue weighted by atomic mass is 9.85. The van der Waals surface area contributed by atoms with Gasteiger partial charge in [0.05, 0.1) is 0 Å². The summed E-state index contributed by atoms with van der Waals surface area (Å²) in [5, 5.41) is 0. The Morgan fingerprint density at radius 3 is 1.88 bits per heavy atom. The van der Waals surface area contributed by atoms with E-state index in [1.807, 2.05) is 0 Å². The van der Waals surface area contributed by atoms with E-state index in [-0.39, 0.29) is 0 Å². The summed E-state index contributed by atoms with van der Waals surface area (Å²) in [5.74, 6) is 0. The van der Waals surface area contributed by atoms with Crippen LogP contribution in [0.3, 0.4) is 0 Å². The molecular weight excluding hydrogens is 213 g/mol. The molecule has 0 N–H and O–H groups in total. The topological polar surface area (TPSA) is 0 Å². The van der Waals surface area contributed by atoms with Gasteiger partial charge >= 0.3 is 6.18 Å². The second-order valence-corrected chi connectivity index (χ2v) is 4.72. The minimum Gasteiger partial charge on any atom is -0.166 e. The molecule has 1 rings (SSSR count). The highest BCUT2D eigenvalue weighted by molar-refractivity contribution is 5.55. The summed E-state index contributed by atoms with van der Waals surface area (Å²) < 4.78 is 38.5. The van der Waals surface area contributed by atoms with Crippen molar-refractivity contribution in [1.82, 2.24) is 0 Å². The molecule has 1 aromatic rings. The van der Waals surface area contributed by atoms with Gasteiger partial charge in [-0.1, -0.05) is 51.1 Å². The van der Waals surface area contributed by atoms with Gasteiger partial charge < -0.3 is 0 Å². The Morgan fingerprint density at radius 1 is 1.00 bits per heavy atom. The lowest BCUT2D eigenvalue weighted by Crippen LogP contribution is -2.24. The molecule has 0 saturated carbocycles. The van der Waals surface area contributed by atoms with Crippen molar-refractivity contribution in [2.75, 3.05) is 0 Å². The third kappa shape index (κ3) is 3.40. The van der Waals surface area contributed by atoms with E-state index in [1.165, 1.54) is 6.08 Å². The Labute approximate surface area is 93.8 Å². The van der Waals surface area contributed by atoms with Crippen molar-refractivity contribution in [2.45, 2.75) is 26.9 Å². The van der Waals surface area contributed by atoms with Crippen LogP contribution in [-0.2, 0) is 0 Å². The van der Waals surface area contributed by atoms with Gasteiger partial charge in [0.15, 0.2) is 0 Å². The van der Waals surface area contributed by atoms with Crippen molar-refractivity contribution >= 4 is 6.08 Å². The van der Waals surface area contributed by atoms with Crippen LogP contribution in [0.15, 0.2) is 35.9 Å². The average Bonchev–Trinajstić information content (AvgIpc) is 2.12. The van der Waals surface area contributed by atoms with Crippen molar-refractivity contribution < 1.29 is 13.2 Å². The first-order valence-electron chi connectivity index (χ1n) is 5.05. The SMILES string of the molecule is CC(C)(C)/C(=C\c1ccccc1)C(F)(F)F. The van der Waals surface area contributed by atoms with Crippen molar-refractivity contribution in [3.05, 3.63) is 41.5 Å². The van der Waals surface area contributed by atoms with E-state index in [1.54, 1.807) is 51.1 Å². The standard InChI is InChI=1S/C13H15F3/c1-12(2,3)11(13(14,15)16)9-10-7-5-4-6-8-10/h4-9H,1-3H3/b11-9+. The summed E-state index contributed by atoms with van der Waals surface area (Å²) in [6.45, 7) is 4.69. The molecule has 0 amide bonds. The van der Waals surface area contributed by atoms with Gasteiger partial charge in [0, 0.05) is 5.57 Å². The number of benzene rings is 1. The molecule has 0 bridgehead atoms. The maximum absolute atomic E-state index is 12.8. The minimum atomic E-state index is -4.28. The summed E-state index contributed by atoms with van der Waals surface area (Å²) >= 11 is 0. The zero-order chi connectivity index (χ0) is 12.4. The maximum Gasteiger partial charge on any atom is 0.413 e. The Morgan fingerprint density at radius 2 is 1.50 bits per heavy atom. The number of hydrogen-bond donors (Lipinski definition) is 0. The van der Waals surface area contributed by atoms with Crippen LogP contribution in [0.4, 0.5) is 13.2 Å². The number of rotatable bonds is 1. The highest BCUT2D eigenvalue weighted by atomic mass is 19.4. The molecule has 0 spiro atoms. The Balaban J connectivity index is 3.19. The highest BCUT2D eigenvalue weighted by Crippen LogP contribution is 2.39. The molecule has 0 aliphatic heterocycles. The third-order valence-corrected chi connectivity index (χ3v) is 2.22. The summed E-state index contributed by atoms with van der Waals surface area (Å²) in [6, 6.07) is 8.56. The largest absolute Gasteiger partial charge is 0.413 e. The van der Waals surface area contributed by atoms with E-state index < -0.39 is 17.2 Å². The fraction of sp³-hybridized carbons (Fsp3) is 0.385. The third-order valence-electron chi connectivity index (χ3n) is 2.22. The van der Waals surface area contributed by atoms with Gasteiger partial charge in [-0.2, -0.15) is 13.2 Å². The van der Waals surface area contributed by atoms with Gasteiger partial charge in [0.1, 0.15) is 0 Å². The summed E-state index contributed by atoms with van der Waals surface area (Å²) in [5.41, 5.74) is -0.843. The van der Waals surface area contributed by atoms with Crippen molar-refractivity contribution in [3.8, 4) is 0 Å². The van der Waals surface area contributed by atoms with E-state index in [2.05, 4.69) is 0 Å². The predicted octanol–water partition coefficient (Wildman–Crippen LogP) is 4.68. The Kier molecular flexibility index (Phi) is 3.46. The normalized spacial score (nSPS) is 14.0. The first-order valence-corrected chi connectivity index (χ1v) is 5.05. The van der Waals surface area contributed by atoms with E-state index in [0.29, 0.717) is 5.56 Å². The van der Waals surface area contributed by atoms with Gasteiger partial charge in [-0.25, -0.2) is 0 Å². The number of allylic oxidation sites excluding steroid dienone is 1. The summed E-state index contributed by atoms with van der Waals surface area (Å²) in [4.78, 5) is 0. The molecule has 0 aliphatic carbocycles. The quantitative estimate of drug-likeness (QED) is 0.654. The van der Waals surface area contributed by atoms with E-state index >= 15 is 0 Å². The first-order chi connectivity index (χ1) is 7.21. The van der Waals surface area contributed by atoms with Crippen LogP contribution in [-0.4, -0.2) is 6.18 Å². The fourth-order valence-electron chi connectivity index (χ4n) is 1.44. The molecule has 0 heterocycles. The van der Waals surface area contributed by atoms with Gasteiger partial charge in [0.25, 0.3) is 0 Å². The summed E-state index contributed by atoms with van der Waals surface area (Å²) in [7, 11) is 0. The summed E-state index contributed by atoms with van der Waals surface area (Å²) in [6.07, 6.45) is -3.08. The van der Waals surface area contributed by atoms with Gasteiger partial charge in [-0.15, -0.1) is 0 Å². The molecule has 0 radical (unpaired) electrons. The van der Waals surface area contributed by atoms with Crippen LogP contribution >= 0.6 is 0 Å². The van der Waals surface area contributed by atoms with Crippen LogP contribution in [0, 0.1) is 5.41 Å². The molecule has 0 aliphatic rings. The lowest BCUT2D eigenvalue weighted by molar-refractivity contribution is -0.102. The molecule has 0 saturated heterocycles. The van der Waals surface area contributed by atoms with Gasteiger partial charge in [0.2, 0.25) is 0 Å². The van der Waals surface area contributed by atoms with Gasteiger partial charge in [-0.05, 0) is 17.1 Å². The molecule has 0 unspecified atom stereocenters. The number of hydrogen-bond acceptors (Lipinski definition) is 0. The second kappa shape index (κ2) is 4.32. The van der Waals surface area contributed by atoms with Crippen LogP contribution in [0.25, 0.3) is 6.08 Å². The first kappa shape index (κ1) is 12.8. The van der Waals surface area contributed by atoms with Crippen LogP contribution in [0.1, 0.15) is 26.3 Å². The predicted molar refractivity (Wildman–Crippen MR) is 59.9 cm³/mol. The van der Waals surface area contributed by atoms with Gasteiger partial charge in [-0.3, -0.25) is 0 Å². The molecule has 88 valence electrons. The molecule has 16 heavy (non-hydrogen) atoms. The van der Waals surface area contributed by atoms with E-state index in [0.717, 1.165) is 0 Å². The Hall–Kier alpha value is -1.25. The van der Waals surface area contributed by atoms with Crippen LogP contribution < -0.4 is 0 Å². The molecule has 0 fully saturated rings. The molecule has 1 aromatic carbocycles. The minimum absolute atomic E-state index is 0.508. The molecule has 0 nitrogen and oxygen atoms in total. The van der Waals surface area contributed by atoms with Crippen LogP contribution in [0.2, 0.25) is 0 Å². The Bertz CT molecular complexity index is 350. The molecule has 3 heteroatoms. The van der Waals surface area contributed by atoms with Crippen molar-refractivity contribution in [1.29, 1.82) is 0 Å². The van der Waals surface area contributed by atoms with Crippen molar-refractivity contribution in [2.24, 2.45) is 5.41 Å². The van der Waals surface area contributed by atoms with E-state index in [4.69, 9.17) is 0 Å².